The van der Waals surface area contributed by atoms with E-state index in [9.17, 15) is 9.59 Å². The van der Waals surface area contributed by atoms with Crippen molar-refractivity contribution in [2.45, 2.75) is 0 Å². The Morgan fingerprint density at radius 1 is 1.00 bits per heavy atom. The third-order valence-corrected chi connectivity index (χ3v) is 3.45. The minimum atomic E-state index is -0.624. The predicted molar refractivity (Wildman–Crippen MR) is 82.1 cm³/mol. The van der Waals surface area contributed by atoms with Crippen LogP contribution in [0.5, 0.6) is 0 Å². The molecule has 22 heavy (non-hydrogen) atoms. The number of anilines is 1. The number of rotatable bonds is 3. The van der Waals surface area contributed by atoms with Crippen molar-refractivity contribution in [2.24, 2.45) is 11.5 Å². The highest BCUT2D eigenvalue weighted by molar-refractivity contribution is 6.01. The SMILES string of the molecule is NC(=O)c1ccc(-c2cc3c(N)c(C(N)=O)cnn3c2)cc1. The number of nitrogens with two attached hydrogens (primary N) is 3. The van der Waals surface area contributed by atoms with Gasteiger partial charge < -0.3 is 17.2 Å². The van der Waals surface area contributed by atoms with Crippen LogP contribution in [0.15, 0.2) is 42.7 Å². The molecule has 2 heterocycles. The zero-order valence-corrected chi connectivity index (χ0v) is 11.5. The van der Waals surface area contributed by atoms with E-state index in [-0.39, 0.29) is 11.3 Å². The first kappa shape index (κ1) is 13.6. The molecule has 0 radical (unpaired) electrons. The van der Waals surface area contributed by atoms with Crippen molar-refractivity contribution in [1.29, 1.82) is 0 Å². The lowest BCUT2D eigenvalue weighted by Crippen LogP contribution is -2.15. The normalized spacial score (nSPS) is 10.7. The van der Waals surface area contributed by atoms with E-state index in [0.29, 0.717) is 11.1 Å². The van der Waals surface area contributed by atoms with Gasteiger partial charge in [-0.05, 0) is 23.8 Å². The first-order valence-electron chi connectivity index (χ1n) is 6.44. The van der Waals surface area contributed by atoms with Gasteiger partial charge in [-0.15, -0.1) is 0 Å². The Hall–Kier alpha value is -3.35. The van der Waals surface area contributed by atoms with Gasteiger partial charge in [-0.3, -0.25) is 9.59 Å². The molecule has 0 saturated carbocycles. The van der Waals surface area contributed by atoms with Crippen LogP contribution in [0.3, 0.4) is 0 Å². The average Bonchev–Trinajstić information content (AvgIpc) is 2.92. The fraction of sp³-hybridized carbons (Fsp3) is 0. The third-order valence-electron chi connectivity index (χ3n) is 3.45. The number of hydrogen-bond donors (Lipinski definition) is 3. The Bertz CT molecular complexity index is 896. The highest BCUT2D eigenvalue weighted by Crippen LogP contribution is 2.26. The Labute approximate surface area is 125 Å². The molecule has 0 aliphatic heterocycles. The Kier molecular flexibility index (Phi) is 3.03. The van der Waals surface area contributed by atoms with Gasteiger partial charge in [0.2, 0.25) is 5.91 Å². The number of primary amides is 2. The molecule has 0 atom stereocenters. The molecular weight excluding hydrogens is 282 g/mol. The van der Waals surface area contributed by atoms with Gasteiger partial charge in [-0.2, -0.15) is 5.10 Å². The van der Waals surface area contributed by atoms with Gasteiger partial charge in [0, 0.05) is 17.3 Å². The second-order valence-corrected chi connectivity index (χ2v) is 4.84. The summed E-state index contributed by atoms with van der Waals surface area (Å²) in [7, 11) is 0. The van der Waals surface area contributed by atoms with E-state index in [1.165, 1.54) is 6.20 Å². The molecule has 3 rings (SSSR count). The third kappa shape index (κ3) is 2.14. The summed E-state index contributed by atoms with van der Waals surface area (Å²) in [5.74, 6) is -1.10. The molecule has 6 N–H and O–H groups in total. The first-order valence-corrected chi connectivity index (χ1v) is 6.44. The monoisotopic (exact) mass is 295 g/mol. The Morgan fingerprint density at radius 3 is 2.27 bits per heavy atom. The summed E-state index contributed by atoms with van der Waals surface area (Å²) in [4.78, 5) is 22.4. The zero-order valence-electron chi connectivity index (χ0n) is 11.5. The average molecular weight is 295 g/mol. The van der Waals surface area contributed by atoms with Gasteiger partial charge >= 0.3 is 0 Å². The van der Waals surface area contributed by atoms with E-state index >= 15 is 0 Å². The second kappa shape index (κ2) is 4.88. The van der Waals surface area contributed by atoms with Gasteiger partial charge in [0.25, 0.3) is 5.91 Å². The molecule has 1 aromatic carbocycles. The quantitative estimate of drug-likeness (QED) is 0.659. The molecule has 0 fully saturated rings. The second-order valence-electron chi connectivity index (χ2n) is 4.84. The standard InChI is InChI=1S/C15H13N5O2/c16-13-11(15(18)22)6-19-20-7-10(5-12(13)20)8-1-3-9(4-2-8)14(17)21/h1-7H,16H2,(H2,17,21)(H2,18,22). The highest BCUT2D eigenvalue weighted by atomic mass is 16.1. The van der Waals surface area contributed by atoms with Crippen LogP contribution in [0.2, 0.25) is 0 Å². The van der Waals surface area contributed by atoms with E-state index < -0.39 is 11.8 Å². The van der Waals surface area contributed by atoms with Crippen molar-refractivity contribution in [3.63, 3.8) is 0 Å². The molecule has 2 aromatic heterocycles. The smallest absolute Gasteiger partial charge is 0.252 e. The molecule has 3 aromatic rings. The lowest BCUT2D eigenvalue weighted by molar-refractivity contribution is 0.0992. The van der Waals surface area contributed by atoms with Crippen molar-refractivity contribution in [2.75, 3.05) is 5.73 Å². The Balaban J connectivity index is 2.10. The topological polar surface area (TPSA) is 130 Å². The number of fused-ring (bicyclic) bond motifs is 1. The minimum Gasteiger partial charge on any atom is -0.396 e. The molecule has 0 spiro atoms. The fourth-order valence-electron chi connectivity index (χ4n) is 2.26. The van der Waals surface area contributed by atoms with Crippen LogP contribution in [-0.2, 0) is 0 Å². The van der Waals surface area contributed by atoms with Gasteiger partial charge in [-0.25, -0.2) is 4.52 Å². The number of benzene rings is 1. The van der Waals surface area contributed by atoms with E-state index in [1.807, 2.05) is 0 Å². The largest absolute Gasteiger partial charge is 0.396 e. The maximum Gasteiger partial charge on any atom is 0.252 e. The maximum atomic E-state index is 11.3. The molecular formula is C15H13N5O2. The van der Waals surface area contributed by atoms with Crippen LogP contribution in [0.4, 0.5) is 5.69 Å². The van der Waals surface area contributed by atoms with Crippen LogP contribution in [0.1, 0.15) is 20.7 Å². The minimum absolute atomic E-state index is 0.182. The summed E-state index contributed by atoms with van der Waals surface area (Å²) in [6, 6.07) is 8.64. The molecule has 7 nitrogen and oxygen atoms in total. The highest BCUT2D eigenvalue weighted by Gasteiger charge is 2.12. The number of amides is 2. The Morgan fingerprint density at radius 2 is 1.68 bits per heavy atom. The number of carbonyl (C=O) groups is 2. The summed E-state index contributed by atoms with van der Waals surface area (Å²) >= 11 is 0. The van der Waals surface area contributed by atoms with Crippen LogP contribution in [-0.4, -0.2) is 21.4 Å². The fourth-order valence-corrected chi connectivity index (χ4v) is 2.26. The van der Waals surface area contributed by atoms with Gasteiger partial charge in [0.05, 0.1) is 23.0 Å². The summed E-state index contributed by atoms with van der Waals surface area (Å²) in [5, 5.41) is 4.12. The van der Waals surface area contributed by atoms with E-state index in [0.717, 1.165) is 11.1 Å². The molecule has 0 aliphatic rings. The number of nitrogen functional groups attached to an aromatic ring is 1. The summed E-state index contributed by atoms with van der Waals surface area (Å²) in [5.41, 5.74) is 19.6. The predicted octanol–water partition coefficient (Wildman–Crippen LogP) is 0.781. The van der Waals surface area contributed by atoms with Crippen molar-refractivity contribution in [3.8, 4) is 11.1 Å². The molecule has 7 heteroatoms. The molecule has 0 unspecified atom stereocenters. The molecule has 0 bridgehead atoms. The van der Waals surface area contributed by atoms with E-state index in [2.05, 4.69) is 5.10 Å². The van der Waals surface area contributed by atoms with E-state index in [4.69, 9.17) is 17.2 Å². The van der Waals surface area contributed by atoms with Crippen molar-refractivity contribution in [3.05, 3.63) is 53.9 Å². The molecule has 0 aliphatic carbocycles. The summed E-state index contributed by atoms with van der Waals surface area (Å²) in [6.07, 6.45) is 3.11. The van der Waals surface area contributed by atoms with Gasteiger partial charge in [0.1, 0.15) is 0 Å². The van der Waals surface area contributed by atoms with Crippen LogP contribution >= 0.6 is 0 Å². The number of hydrogen-bond acceptors (Lipinski definition) is 4. The summed E-state index contributed by atoms with van der Waals surface area (Å²) in [6.45, 7) is 0. The zero-order chi connectivity index (χ0) is 15.9. The van der Waals surface area contributed by atoms with Crippen molar-refractivity contribution >= 4 is 23.0 Å². The lowest BCUT2D eigenvalue weighted by Gasteiger charge is -2.02. The van der Waals surface area contributed by atoms with Crippen molar-refractivity contribution < 1.29 is 9.59 Å². The van der Waals surface area contributed by atoms with E-state index in [1.54, 1.807) is 41.0 Å². The van der Waals surface area contributed by atoms with Gasteiger partial charge in [0.15, 0.2) is 0 Å². The molecule has 110 valence electrons. The molecule has 2 amide bonds. The molecule has 0 saturated heterocycles. The van der Waals surface area contributed by atoms with Crippen LogP contribution in [0, 0.1) is 0 Å². The maximum absolute atomic E-state index is 11.3. The first-order chi connectivity index (χ1) is 10.5. The lowest BCUT2D eigenvalue weighted by atomic mass is 10.1. The van der Waals surface area contributed by atoms with Gasteiger partial charge in [-0.1, -0.05) is 12.1 Å². The number of aromatic nitrogens is 2. The van der Waals surface area contributed by atoms with Crippen LogP contribution < -0.4 is 17.2 Å². The number of nitrogens with zero attached hydrogens (tertiary/aromatic N) is 2. The summed E-state index contributed by atoms with van der Waals surface area (Å²) < 4.78 is 1.57. The van der Waals surface area contributed by atoms with Crippen molar-refractivity contribution in [1.82, 2.24) is 9.61 Å². The number of carbonyl (C=O) groups excluding carboxylic acids is 2. The van der Waals surface area contributed by atoms with Crippen LogP contribution in [0.25, 0.3) is 16.6 Å².